The van der Waals surface area contributed by atoms with Crippen LogP contribution in [0.4, 0.5) is 4.39 Å². The third-order valence-corrected chi connectivity index (χ3v) is 6.67. The minimum absolute atomic E-state index is 0.143. The molecule has 1 saturated carbocycles. The molecular weight excluding hydrogens is 485 g/mol. The SMILES string of the molecule is C=C(N[C@@H](CC)C(=O)N1CCCC1)/C(F)=C(\N=C(N)OC)NNC(=O)[C@H](CC1CCCC1)CN(O)C=O. The fourth-order valence-corrected chi connectivity index (χ4v) is 4.61. The Morgan fingerprint density at radius 1 is 1.27 bits per heavy atom. The first-order chi connectivity index (χ1) is 17.7. The largest absolute Gasteiger partial charge is 0.468 e. The number of methoxy groups -OCH3 is 1. The Hall–Kier alpha value is -3.35. The van der Waals surface area contributed by atoms with E-state index < -0.39 is 29.5 Å². The highest BCUT2D eigenvalue weighted by Crippen LogP contribution is 2.30. The molecule has 2 fully saturated rings. The van der Waals surface area contributed by atoms with Crippen LogP contribution in [0.15, 0.2) is 28.9 Å². The van der Waals surface area contributed by atoms with Crippen molar-refractivity contribution >= 4 is 24.2 Å². The molecule has 1 saturated heterocycles. The lowest BCUT2D eigenvalue weighted by Crippen LogP contribution is -2.46. The summed E-state index contributed by atoms with van der Waals surface area (Å²) in [6.07, 6.45) is 6.97. The van der Waals surface area contributed by atoms with E-state index in [1.54, 1.807) is 11.8 Å². The number of hydrogen-bond donors (Lipinski definition) is 5. The van der Waals surface area contributed by atoms with Crippen molar-refractivity contribution < 1.29 is 28.7 Å². The summed E-state index contributed by atoms with van der Waals surface area (Å²) in [5.41, 5.74) is 10.2. The summed E-state index contributed by atoms with van der Waals surface area (Å²) in [7, 11) is 1.24. The normalized spacial score (nSPS) is 18.5. The van der Waals surface area contributed by atoms with Gasteiger partial charge in [0.05, 0.1) is 25.3 Å². The zero-order valence-corrected chi connectivity index (χ0v) is 21.7. The Labute approximate surface area is 217 Å². The quantitative estimate of drug-likeness (QED) is 0.0565. The maximum absolute atomic E-state index is 15.4. The van der Waals surface area contributed by atoms with Crippen molar-refractivity contribution in [2.24, 2.45) is 22.6 Å². The molecule has 1 aliphatic heterocycles. The Kier molecular flexibility index (Phi) is 12.1. The zero-order chi connectivity index (χ0) is 27.4. The number of halogens is 1. The molecule has 3 amide bonds. The first kappa shape index (κ1) is 29.9. The number of allylic oxidation sites excluding steroid dienone is 1. The summed E-state index contributed by atoms with van der Waals surface area (Å²) in [6, 6.07) is -1.07. The number of aliphatic imine (C=N–C) groups is 1. The van der Waals surface area contributed by atoms with Gasteiger partial charge in [0, 0.05) is 13.1 Å². The summed E-state index contributed by atoms with van der Waals surface area (Å²) < 4.78 is 20.2. The maximum Gasteiger partial charge on any atom is 0.288 e. The van der Waals surface area contributed by atoms with Crippen LogP contribution in [0.3, 0.4) is 0 Å². The van der Waals surface area contributed by atoms with Crippen molar-refractivity contribution in [2.45, 2.75) is 64.3 Å². The summed E-state index contributed by atoms with van der Waals surface area (Å²) in [5.74, 6) is -2.66. The maximum atomic E-state index is 15.4. The van der Waals surface area contributed by atoms with E-state index >= 15 is 4.39 Å². The van der Waals surface area contributed by atoms with Gasteiger partial charge in [0.15, 0.2) is 11.6 Å². The average molecular weight is 526 g/mol. The Morgan fingerprint density at radius 3 is 2.49 bits per heavy atom. The summed E-state index contributed by atoms with van der Waals surface area (Å²) >= 11 is 0. The Balaban J connectivity index is 2.15. The van der Waals surface area contributed by atoms with Crippen LogP contribution in [0.5, 0.6) is 0 Å². The van der Waals surface area contributed by atoms with E-state index in [2.05, 4.69) is 27.7 Å². The smallest absolute Gasteiger partial charge is 0.288 e. The second kappa shape index (κ2) is 15.0. The number of hydrogen-bond acceptors (Lipinski definition) is 8. The van der Waals surface area contributed by atoms with Crippen LogP contribution in [-0.4, -0.2) is 72.2 Å². The van der Waals surface area contributed by atoms with Crippen LogP contribution in [0, 0.1) is 11.8 Å². The molecule has 0 aromatic rings. The van der Waals surface area contributed by atoms with E-state index in [4.69, 9.17) is 10.5 Å². The molecule has 13 heteroatoms. The number of amides is 3. The average Bonchev–Trinajstić information content (AvgIpc) is 3.62. The number of amidine groups is 1. The van der Waals surface area contributed by atoms with Crippen LogP contribution in [0.2, 0.25) is 0 Å². The minimum atomic E-state index is -0.989. The predicted molar refractivity (Wildman–Crippen MR) is 135 cm³/mol. The summed E-state index contributed by atoms with van der Waals surface area (Å²) in [4.78, 5) is 42.2. The molecule has 0 unspecified atom stereocenters. The van der Waals surface area contributed by atoms with Gasteiger partial charge in [0.1, 0.15) is 6.04 Å². The van der Waals surface area contributed by atoms with Crippen LogP contribution in [0.25, 0.3) is 0 Å². The molecule has 1 heterocycles. The van der Waals surface area contributed by atoms with Gasteiger partial charge in [0.2, 0.25) is 18.2 Å². The lowest BCUT2D eigenvalue weighted by molar-refractivity contribution is -0.155. The van der Waals surface area contributed by atoms with Crippen molar-refractivity contribution in [3.8, 4) is 0 Å². The van der Waals surface area contributed by atoms with Crippen LogP contribution >= 0.6 is 0 Å². The molecule has 2 aliphatic rings. The first-order valence-electron chi connectivity index (χ1n) is 12.7. The molecule has 0 bridgehead atoms. The standard InChI is InChI=1S/C24H40FN7O5/c1-4-19(23(35)31-11-7-8-12-31)27-16(2)20(25)21(28-24(26)37-3)29-30-22(34)18(14-32(36)15-33)13-17-9-5-6-10-17/h15,17-19,27,29,36H,2,4-14H2,1,3H3,(H2,26,28)(H,30,34)/b21-20-/t18-,19+/m1/s1. The number of nitrogens with one attached hydrogen (secondary N) is 3. The topological polar surface area (TPSA) is 162 Å². The number of likely N-dealkylation sites (tertiary alicyclic amines) is 1. The lowest BCUT2D eigenvalue weighted by Gasteiger charge is -2.25. The molecule has 12 nitrogen and oxygen atoms in total. The Bertz CT molecular complexity index is 870. The van der Waals surface area contributed by atoms with Crippen molar-refractivity contribution in [2.75, 3.05) is 26.7 Å². The molecule has 0 spiro atoms. The molecule has 37 heavy (non-hydrogen) atoms. The van der Waals surface area contributed by atoms with Gasteiger partial charge in [-0.25, -0.2) is 9.45 Å². The fourth-order valence-electron chi connectivity index (χ4n) is 4.61. The molecule has 6 N–H and O–H groups in total. The van der Waals surface area contributed by atoms with Crippen LogP contribution < -0.4 is 21.9 Å². The van der Waals surface area contributed by atoms with E-state index in [9.17, 15) is 19.6 Å². The van der Waals surface area contributed by atoms with Gasteiger partial charge < -0.3 is 20.7 Å². The number of nitrogens with two attached hydrogens (primary N) is 1. The third-order valence-electron chi connectivity index (χ3n) is 6.67. The number of hydrazine groups is 1. The predicted octanol–water partition coefficient (Wildman–Crippen LogP) is 1.26. The number of nitrogens with zero attached hydrogens (tertiary/aromatic N) is 3. The monoisotopic (exact) mass is 525 g/mol. The summed E-state index contributed by atoms with van der Waals surface area (Å²) in [6.45, 7) is 6.59. The molecule has 0 radical (unpaired) electrons. The van der Waals surface area contributed by atoms with Gasteiger partial charge in [-0.3, -0.25) is 30.4 Å². The second-order valence-electron chi connectivity index (χ2n) is 9.36. The summed E-state index contributed by atoms with van der Waals surface area (Å²) in [5, 5.41) is 12.9. The van der Waals surface area contributed by atoms with Crippen LogP contribution in [0.1, 0.15) is 58.3 Å². The molecule has 2 atom stereocenters. The van der Waals surface area contributed by atoms with Crippen molar-refractivity contribution in [3.05, 3.63) is 23.9 Å². The van der Waals surface area contributed by atoms with E-state index in [0.717, 1.165) is 38.5 Å². The lowest BCUT2D eigenvalue weighted by atomic mass is 9.92. The number of ether oxygens (including phenoxy) is 1. The number of carbonyl (C=O) groups excluding carboxylic acids is 3. The third kappa shape index (κ3) is 9.23. The van der Waals surface area contributed by atoms with E-state index in [1.807, 2.05) is 0 Å². The van der Waals surface area contributed by atoms with Gasteiger partial charge in [-0.05, 0) is 31.6 Å². The number of carbonyl (C=O) groups is 3. The zero-order valence-electron chi connectivity index (χ0n) is 21.7. The Morgan fingerprint density at radius 2 is 1.92 bits per heavy atom. The molecule has 0 aromatic heterocycles. The molecular formula is C24H40FN7O5. The van der Waals surface area contributed by atoms with E-state index in [0.29, 0.717) is 31.0 Å². The van der Waals surface area contributed by atoms with Crippen molar-refractivity contribution in [3.63, 3.8) is 0 Å². The minimum Gasteiger partial charge on any atom is -0.468 e. The second-order valence-corrected chi connectivity index (χ2v) is 9.36. The van der Waals surface area contributed by atoms with Gasteiger partial charge in [0.25, 0.3) is 6.02 Å². The molecule has 0 aromatic carbocycles. The first-order valence-corrected chi connectivity index (χ1v) is 12.7. The van der Waals surface area contributed by atoms with Crippen molar-refractivity contribution in [1.29, 1.82) is 0 Å². The fraction of sp³-hybridized carbons (Fsp3) is 0.667. The highest BCUT2D eigenvalue weighted by molar-refractivity contribution is 5.82. The highest BCUT2D eigenvalue weighted by atomic mass is 19.1. The van der Waals surface area contributed by atoms with E-state index in [-0.39, 0.29) is 36.5 Å². The highest BCUT2D eigenvalue weighted by Gasteiger charge is 2.28. The van der Waals surface area contributed by atoms with Crippen molar-refractivity contribution in [1.82, 2.24) is 26.1 Å². The molecule has 208 valence electrons. The number of hydroxylamine groups is 2. The van der Waals surface area contributed by atoms with E-state index in [1.165, 1.54) is 7.11 Å². The van der Waals surface area contributed by atoms with Gasteiger partial charge in [-0.1, -0.05) is 39.2 Å². The molecule has 2 rings (SSSR count). The van der Waals surface area contributed by atoms with Gasteiger partial charge in [-0.2, -0.15) is 4.99 Å². The number of rotatable bonds is 14. The van der Waals surface area contributed by atoms with Gasteiger partial charge >= 0.3 is 0 Å². The van der Waals surface area contributed by atoms with Gasteiger partial charge in [-0.15, -0.1) is 0 Å². The molecule has 1 aliphatic carbocycles. The van der Waals surface area contributed by atoms with Crippen LogP contribution in [-0.2, 0) is 19.1 Å².